The zero-order chi connectivity index (χ0) is 14.7. The molecule has 0 aromatic carbocycles. The van der Waals surface area contributed by atoms with Gasteiger partial charge in [-0.05, 0) is 53.6 Å². The average molecular weight is 282 g/mol. The van der Waals surface area contributed by atoms with E-state index in [-0.39, 0.29) is 6.03 Å². The molecule has 0 aromatic heterocycles. The topological polar surface area (TPSA) is 47.6 Å². The van der Waals surface area contributed by atoms with E-state index in [2.05, 4.69) is 48.4 Å². The Morgan fingerprint density at radius 1 is 0.950 bits per heavy atom. The Kier molecular flexibility index (Phi) is 5.27. The fourth-order valence-electron chi connectivity index (χ4n) is 2.51. The molecule has 2 fully saturated rings. The van der Waals surface area contributed by atoms with Gasteiger partial charge >= 0.3 is 6.03 Å². The number of urea groups is 1. The molecule has 2 saturated carbocycles. The first-order chi connectivity index (χ1) is 9.49. The number of hydrogen-bond donors (Lipinski definition) is 2. The minimum absolute atomic E-state index is 0.0444. The summed E-state index contributed by atoms with van der Waals surface area (Å²) in [6.07, 6.45) is 5.21. The van der Waals surface area contributed by atoms with E-state index in [4.69, 9.17) is 0 Å². The minimum atomic E-state index is -0.0444. The van der Waals surface area contributed by atoms with Crippen LogP contribution in [0, 0.1) is 0 Å². The minimum Gasteiger partial charge on any atom is -0.337 e. The van der Waals surface area contributed by atoms with Gasteiger partial charge in [-0.25, -0.2) is 4.79 Å². The molecule has 0 radical (unpaired) electrons. The number of nitrogens with zero attached hydrogens (tertiary/aromatic N) is 2. The summed E-state index contributed by atoms with van der Waals surface area (Å²) in [5, 5.41) is 5.95. The van der Waals surface area contributed by atoms with Crippen LogP contribution in [-0.2, 0) is 0 Å². The van der Waals surface area contributed by atoms with Gasteiger partial charge in [0.25, 0.3) is 0 Å². The second kappa shape index (κ2) is 6.76. The largest absolute Gasteiger partial charge is 0.337 e. The van der Waals surface area contributed by atoms with Crippen molar-refractivity contribution in [2.24, 2.45) is 0 Å². The third-order valence-electron chi connectivity index (χ3n) is 4.75. The molecular weight excluding hydrogens is 252 g/mol. The summed E-state index contributed by atoms with van der Waals surface area (Å²) in [7, 11) is 4.29. The zero-order valence-electron chi connectivity index (χ0n) is 13.4. The van der Waals surface area contributed by atoms with Crippen molar-refractivity contribution in [2.75, 3.05) is 27.2 Å². The van der Waals surface area contributed by atoms with E-state index in [1.165, 1.54) is 25.7 Å². The Morgan fingerprint density at radius 3 is 1.60 bits per heavy atom. The molecule has 0 spiro atoms. The highest BCUT2D eigenvalue weighted by Gasteiger charge is 2.30. The maximum Gasteiger partial charge on any atom is 0.314 e. The lowest BCUT2D eigenvalue weighted by Gasteiger charge is -2.26. The first-order valence-electron chi connectivity index (χ1n) is 7.94. The monoisotopic (exact) mass is 282 g/mol. The lowest BCUT2D eigenvalue weighted by molar-refractivity contribution is 0.213. The predicted octanol–water partition coefficient (Wildman–Crippen LogP) is 1.25. The molecule has 2 amide bonds. The molecule has 2 N–H and O–H groups in total. The summed E-state index contributed by atoms with van der Waals surface area (Å²) in [5.74, 6) is 0. The van der Waals surface area contributed by atoms with E-state index in [1.54, 1.807) is 0 Å². The van der Waals surface area contributed by atoms with E-state index >= 15 is 0 Å². The lowest BCUT2D eigenvalue weighted by atomic mass is 10.3. The third-order valence-corrected chi connectivity index (χ3v) is 4.75. The Balaban J connectivity index is 1.57. The van der Waals surface area contributed by atoms with Gasteiger partial charge in [0.05, 0.1) is 0 Å². The summed E-state index contributed by atoms with van der Waals surface area (Å²) in [6.45, 7) is 5.77. The fraction of sp³-hybridized carbons (Fsp3) is 0.933. The van der Waals surface area contributed by atoms with Gasteiger partial charge in [0.15, 0.2) is 0 Å². The van der Waals surface area contributed by atoms with Crippen LogP contribution in [0.25, 0.3) is 0 Å². The highest BCUT2D eigenvalue weighted by atomic mass is 16.2. The Labute approximate surface area is 123 Å². The van der Waals surface area contributed by atoms with E-state index in [0.29, 0.717) is 25.2 Å². The van der Waals surface area contributed by atoms with Crippen LogP contribution in [-0.4, -0.2) is 67.2 Å². The van der Waals surface area contributed by atoms with Crippen molar-refractivity contribution < 1.29 is 4.79 Å². The normalized spacial score (nSPS) is 21.9. The van der Waals surface area contributed by atoms with E-state index < -0.39 is 0 Å². The van der Waals surface area contributed by atoms with Gasteiger partial charge in [-0.1, -0.05) is 0 Å². The smallest absolute Gasteiger partial charge is 0.314 e. The molecule has 2 aliphatic rings. The van der Waals surface area contributed by atoms with Gasteiger partial charge < -0.3 is 10.6 Å². The zero-order valence-corrected chi connectivity index (χ0v) is 13.4. The molecule has 0 aliphatic heterocycles. The Bertz CT molecular complexity index is 298. The van der Waals surface area contributed by atoms with Crippen LogP contribution >= 0.6 is 0 Å². The molecule has 0 aromatic rings. The van der Waals surface area contributed by atoms with Crippen LogP contribution in [0.2, 0.25) is 0 Å². The molecule has 2 rings (SSSR count). The molecule has 116 valence electrons. The van der Waals surface area contributed by atoms with Gasteiger partial charge in [-0.3, -0.25) is 9.80 Å². The molecular formula is C15H30N4O. The maximum atomic E-state index is 11.8. The highest BCUT2D eigenvalue weighted by molar-refractivity contribution is 5.73. The van der Waals surface area contributed by atoms with E-state index in [9.17, 15) is 4.79 Å². The standard InChI is InChI=1S/C15H30N4O/c1-11(18(3)13-5-6-13)9-16-15(20)17-10-12(2)19(4)14-7-8-14/h11-14H,5-10H2,1-4H3,(H2,16,17,20)/t11-,12-/m1/s1. The van der Waals surface area contributed by atoms with Crippen molar-refractivity contribution in [3.63, 3.8) is 0 Å². The fourth-order valence-corrected chi connectivity index (χ4v) is 2.51. The van der Waals surface area contributed by atoms with Gasteiger partial charge in [-0.15, -0.1) is 0 Å². The van der Waals surface area contributed by atoms with Crippen LogP contribution in [0.3, 0.4) is 0 Å². The quantitative estimate of drug-likeness (QED) is 0.704. The van der Waals surface area contributed by atoms with Gasteiger partial charge in [0, 0.05) is 37.3 Å². The summed E-state index contributed by atoms with van der Waals surface area (Å²) >= 11 is 0. The molecule has 2 atom stereocenters. The van der Waals surface area contributed by atoms with E-state index in [1.807, 2.05) is 0 Å². The summed E-state index contributed by atoms with van der Waals surface area (Å²) < 4.78 is 0. The highest BCUT2D eigenvalue weighted by Crippen LogP contribution is 2.27. The van der Waals surface area contributed by atoms with Crippen molar-refractivity contribution in [3.05, 3.63) is 0 Å². The van der Waals surface area contributed by atoms with Crippen molar-refractivity contribution in [1.29, 1.82) is 0 Å². The van der Waals surface area contributed by atoms with Gasteiger partial charge in [-0.2, -0.15) is 0 Å². The van der Waals surface area contributed by atoms with Crippen LogP contribution in [0.4, 0.5) is 4.79 Å². The molecule has 5 heteroatoms. The number of rotatable bonds is 8. The molecule has 2 aliphatic carbocycles. The molecule has 0 heterocycles. The molecule has 0 unspecified atom stereocenters. The number of nitrogens with one attached hydrogen (secondary N) is 2. The van der Waals surface area contributed by atoms with Gasteiger partial charge in [0.1, 0.15) is 0 Å². The van der Waals surface area contributed by atoms with E-state index in [0.717, 1.165) is 12.1 Å². The Morgan fingerprint density at radius 2 is 1.30 bits per heavy atom. The summed E-state index contributed by atoms with van der Waals surface area (Å²) in [6, 6.07) is 2.24. The number of hydrogen-bond acceptors (Lipinski definition) is 3. The number of likely N-dealkylation sites (N-methyl/N-ethyl adjacent to an activating group) is 2. The van der Waals surface area contributed by atoms with Crippen molar-refractivity contribution in [3.8, 4) is 0 Å². The maximum absolute atomic E-state index is 11.8. The first-order valence-corrected chi connectivity index (χ1v) is 7.94. The second-order valence-electron chi connectivity index (χ2n) is 6.58. The number of carbonyl (C=O) groups excluding carboxylic acids is 1. The molecule has 20 heavy (non-hydrogen) atoms. The summed E-state index contributed by atoms with van der Waals surface area (Å²) in [4.78, 5) is 16.5. The SMILES string of the molecule is C[C@H](CNC(=O)NC[C@@H](C)N(C)C1CC1)N(C)C1CC1. The number of amides is 2. The first kappa shape index (κ1) is 15.6. The summed E-state index contributed by atoms with van der Waals surface area (Å²) in [5.41, 5.74) is 0. The Hall–Kier alpha value is -0.810. The lowest BCUT2D eigenvalue weighted by Crippen LogP contribution is -2.47. The number of carbonyl (C=O) groups is 1. The third kappa shape index (κ3) is 4.63. The second-order valence-corrected chi connectivity index (χ2v) is 6.58. The molecule has 5 nitrogen and oxygen atoms in total. The predicted molar refractivity (Wildman–Crippen MR) is 81.9 cm³/mol. The van der Waals surface area contributed by atoms with Crippen LogP contribution < -0.4 is 10.6 Å². The average Bonchev–Trinajstić information content (AvgIpc) is 3.31. The van der Waals surface area contributed by atoms with Crippen LogP contribution in [0.15, 0.2) is 0 Å². The molecule has 0 saturated heterocycles. The van der Waals surface area contributed by atoms with Crippen molar-refractivity contribution in [2.45, 2.75) is 63.7 Å². The van der Waals surface area contributed by atoms with Crippen LogP contribution in [0.1, 0.15) is 39.5 Å². The molecule has 0 bridgehead atoms. The van der Waals surface area contributed by atoms with Crippen molar-refractivity contribution >= 4 is 6.03 Å². The van der Waals surface area contributed by atoms with Crippen LogP contribution in [0.5, 0.6) is 0 Å². The van der Waals surface area contributed by atoms with Gasteiger partial charge in [0.2, 0.25) is 0 Å². The van der Waals surface area contributed by atoms with Crippen molar-refractivity contribution in [1.82, 2.24) is 20.4 Å².